The lowest BCUT2D eigenvalue weighted by molar-refractivity contribution is 1.07. The van der Waals surface area contributed by atoms with E-state index in [0.717, 1.165) is 32.1 Å². The van der Waals surface area contributed by atoms with E-state index in [0.29, 0.717) is 0 Å². The van der Waals surface area contributed by atoms with Crippen LogP contribution in [0.2, 0.25) is 0 Å². The van der Waals surface area contributed by atoms with Crippen molar-refractivity contribution < 1.29 is 0 Å². The molecule has 0 fully saturated rings. The molecule has 0 saturated carbocycles. The van der Waals surface area contributed by atoms with E-state index in [1.807, 2.05) is 13.1 Å². The van der Waals surface area contributed by atoms with Gasteiger partial charge in [0.1, 0.15) is 5.01 Å². The highest BCUT2D eigenvalue weighted by molar-refractivity contribution is 7.24. The number of hydrogen-bond donors (Lipinski definition) is 1. The molecule has 0 aliphatic heterocycles. The highest BCUT2D eigenvalue weighted by atomic mass is 32.1. The Kier molecular flexibility index (Phi) is 3.75. The standard InChI is InChI=1S/C14H14N4S2/c1-3-15-14-18-17-13(20-14)11-8-16-12(19-11)10-6-4-5-9(2)7-10/h4-8H,3H2,1-2H3,(H,15,18). The number of hydrogen-bond acceptors (Lipinski definition) is 6. The molecule has 102 valence electrons. The number of benzene rings is 1. The highest BCUT2D eigenvalue weighted by Gasteiger charge is 2.11. The fourth-order valence-corrected chi connectivity index (χ4v) is 3.59. The molecule has 3 rings (SSSR count). The van der Waals surface area contributed by atoms with Crippen LogP contribution in [0.25, 0.3) is 20.5 Å². The number of anilines is 1. The summed E-state index contributed by atoms with van der Waals surface area (Å²) in [6, 6.07) is 8.37. The molecule has 0 amide bonds. The average molecular weight is 302 g/mol. The normalized spacial score (nSPS) is 10.7. The van der Waals surface area contributed by atoms with Gasteiger partial charge in [0.05, 0.1) is 4.88 Å². The number of aryl methyl sites for hydroxylation is 1. The Balaban J connectivity index is 1.89. The van der Waals surface area contributed by atoms with Crippen molar-refractivity contribution in [3.05, 3.63) is 36.0 Å². The van der Waals surface area contributed by atoms with Gasteiger partial charge in [-0.05, 0) is 19.9 Å². The largest absolute Gasteiger partial charge is 0.360 e. The fourth-order valence-electron chi connectivity index (χ4n) is 1.83. The molecule has 0 radical (unpaired) electrons. The van der Waals surface area contributed by atoms with Crippen molar-refractivity contribution in [2.75, 3.05) is 11.9 Å². The topological polar surface area (TPSA) is 50.7 Å². The first-order valence-corrected chi connectivity index (χ1v) is 8.00. The molecule has 1 aromatic carbocycles. The summed E-state index contributed by atoms with van der Waals surface area (Å²) in [5.41, 5.74) is 2.39. The van der Waals surface area contributed by atoms with Crippen LogP contribution in [0.1, 0.15) is 12.5 Å². The summed E-state index contributed by atoms with van der Waals surface area (Å²) in [6.45, 7) is 4.99. The Morgan fingerprint density at radius 2 is 2.05 bits per heavy atom. The van der Waals surface area contributed by atoms with Gasteiger partial charge >= 0.3 is 0 Å². The first kappa shape index (κ1) is 13.2. The molecule has 0 aliphatic rings. The van der Waals surface area contributed by atoms with Crippen LogP contribution in [0, 0.1) is 6.92 Å². The van der Waals surface area contributed by atoms with Crippen LogP contribution in [0.15, 0.2) is 30.5 Å². The second kappa shape index (κ2) is 5.68. The van der Waals surface area contributed by atoms with Gasteiger partial charge in [-0.2, -0.15) is 0 Å². The second-order valence-electron chi connectivity index (χ2n) is 4.34. The first-order chi connectivity index (χ1) is 9.76. The van der Waals surface area contributed by atoms with E-state index in [1.54, 1.807) is 22.7 Å². The summed E-state index contributed by atoms with van der Waals surface area (Å²) in [6.07, 6.45) is 1.87. The summed E-state index contributed by atoms with van der Waals surface area (Å²) in [5.74, 6) is 0. The minimum Gasteiger partial charge on any atom is -0.360 e. The molecule has 1 N–H and O–H groups in total. The summed E-state index contributed by atoms with van der Waals surface area (Å²) in [5, 5.41) is 14.3. The molecule has 0 spiro atoms. The third kappa shape index (κ3) is 2.71. The monoisotopic (exact) mass is 302 g/mol. The molecule has 0 bridgehead atoms. The Labute approximate surface area is 125 Å². The Bertz CT molecular complexity index is 717. The third-order valence-electron chi connectivity index (χ3n) is 2.73. The van der Waals surface area contributed by atoms with Crippen molar-refractivity contribution in [3.63, 3.8) is 0 Å². The van der Waals surface area contributed by atoms with E-state index in [9.17, 15) is 0 Å². The molecule has 20 heavy (non-hydrogen) atoms. The zero-order chi connectivity index (χ0) is 13.9. The zero-order valence-corrected chi connectivity index (χ0v) is 12.9. The van der Waals surface area contributed by atoms with Gasteiger partial charge in [0.15, 0.2) is 5.01 Å². The van der Waals surface area contributed by atoms with Gasteiger partial charge in [0.25, 0.3) is 0 Å². The summed E-state index contributed by atoms with van der Waals surface area (Å²) < 4.78 is 0. The number of rotatable bonds is 4. The van der Waals surface area contributed by atoms with Gasteiger partial charge in [0, 0.05) is 18.3 Å². The molecule has 0 saturated heterocycles. The smallest absolute Gasteiger partial charge is 0.206 e. The van der Waals surface area contributed by atoms with Crippen LogP contribution in [-0.2, 0) is 0 Å². The van der Waals surface area contributed by atoms with Gasteiger partial charge in [-0.25, -0.2) is 4.98 Å². The van der Waals surface area contributed by atoms with Crippen molar-refractivity contribution in [2.45, 2.75) is 13.8 Å². The fraction of sp³-hybridized carbons (Fsp3) is 0.214. The number of nitrogens with one attached hydrogen (secondary N) is 1. The molecule has 3 aromatic rings. The first-order valence-electron chi connectivity index (χ1n) is 6.37. The maximum atomic E-state index is 4.50. The summed E-state index contributed by atoms with van der Waals surface area (Å²) in [4.78, 5) is 5.55. The average Bonchev–Trinajstić information content (AvgIpc) is 3.07. The maximum Gasteiger partial charge on any atom is 0.206 e. The van der Waals surface area contributed by atoms with E-state index < -0.39 is 0 Å². The number of nitrogens with zero attached hydrogens (tertiary/aromatic N) is 3. The molecule has 0 atom stereocenters. The Hall–Kier alpha value is -1.79. The minimum atomic E-state index is 0.853. The van der Waals surface area contributed by atoms with Gasteiger partial charge in [-0.15, -0.1) is 21.5 Å². The van der Waals surface area contributed by atoms with Crippen molar-refractivity contribution in [3.8, 4) is 20.5 Å². The van der Waals surface area contributed by atoms with Gasteiger partial charge in [-0.3, -0.25) is 0 Å². The van der Waals surface area contributed by atoms with Gasteiger partial charge in [-0.1, -0.05) is 35.1 Å². The minimum absolute atomic E-state index is 0.853. The molecule has 4 nitrogen and oxygen atoms in total. The Morgan fingerprint density at radius 3 is 2.85 bits per heavy atom. The lowest BCUT2D eigenvalue weighted by Crippen LogP contribution is -1.94. The highest BCUT2D eigenvalue weighted by Crippen LogP contribution is 2.34. The van der Waals surface area contributed by atoms with E-state index in [-0.39, 0.29) is 0 Å². The van der Waals surface area contributed by atoms with Crippen LogP contribution in [-0.4, -0.2) is 21.7 Å². The quantitative estimate of drug-likeness (QED) is 0.789. The number of aromatic nitrogens is 3. The van der Waals surface area contributed by atoms with E-state index in [2.05, 4.69) is 51.7 Å². The van der Waals surface area contributed by atoms with E-state index >= 15 is 0 Å². The van der Waals surface area contributed by atoms with Crippen LogP contribution < -0.4 is 5.32 Å². The second-order valence-corrected chi connectivity index (χ2v) is 6.35. The lowest BCUT2D eigenvalue weighted by atomic mass is 10.1. The molecule has 0 aliphatic carbocycles. The van der Waals surface area contributed by atoms with Crippen LogP contribution in [0.5, 0.6) is 0 Å². The lowest BCUT2D eigenvalue weighted by Gasteiger charge is -1.96. The van der Waals surface area contributed by atoms with Crippen molar-refractivity contribution in [1.82, 2.24) is 15.2 Å². The van der Waals surface area contributed by atoms with E-state index in [4.69, 9.17) is 0 Å². The van der Waals surface area contributed by atoms with Crippen molar-refractivity contribution >= 4 is 27.8 Å². The molecular formula is C14H14N4S2. The van der Waals surface area contributed by atoms with E-state index in [1.165, 1.54) is 5.56 Å². The molecular weight excluding hydrogens is 288 g/mol. The SMILES string of the molecule is CCNc1nnc(-c2cnc(-c3cccc(C)c3)s2)s1. The van der Waals surface area contributed by atoms with Crippen molar-refractivity contribution in [2.24, 2.45) is 0 Å². The number of thiazole rings is 1. The van der Waals surface area contributed by atoms with Crippen LogP contribution >= 0.6 is 22.7 Å². The molecule has 6 heteroatoms. The van der Waals surface area contributed by atoms with Crippen molar-refractivity contribution in [1.29, 1.82) is 0 Å². The summed E-state index contributed by atoms with van der Waals surface area (Å²) >= 11 is 3.21. The molecule has 2 heterocycles. The Morgan fingerprint density at radius 1 is 1.15 bits per heavy atom. The third-order valence-corrected chi connectivity index (χ3v) is 4.83. The maximum absolute atomic E-state index is 4.50. The van der Waals surface area contributed by atoms with Crippen LogP contribution in [0.4, 0.5) is 5.13 Å². The molecule has 0 unspecified atom stereocenters. The van der Waals surface area contributed by atoms with Gasteiger partial charge < -0.3 is 5.32 Å². The predicted molar refractivity (Wildman–Crippen MR) is 85.4 cm³/mol. The predicted octanol–water partition coefficient (Wildman–Crippen LogP) is 4.07. The zero-order valence-electron chi connectivity index (χ0n) is 11.3. The van der Waals surface area contributed by atoms with Gasteiger partial charge in [0.2, 0.25) is 5.13 Å². The molecule has 2 aromatic heterocycles. The van der Waals surface area contributed by atoms with Crippen LogP contribution in [0.3, 0.4) is 0 Å². The summed E-state index contributed by atoms with van der Waals surface area (Å²) in [7, 11) is 0.